The molecule has 422 valence electrons. The largest absolute Gasteiger partial charge is 0.394 e. The summed E-state index contributed by atoms with van der Waals surface area (Å²) in [6.07, 6.45) is 31.4. The van der Waals surface area contributed by atoms with E-state index in [-0.39, 0.29) is 12.5 Å². The van der Waals surface area contributed by atoms with Crippen molar-refractivity contribution in [1.29, 1.82) is 0 Å². The Kier molecular flexibility index (Phi) is 41.1. The van der Waals surface area contributed by atoms with Crippen LogP contribution in [0.25, 0.3) is 0 Å². The maximum atomic E-state index is 13.2. The highest BCUT2D eigenvalue weighted by atomic mass is 16.7. The van der Waals surface area contributed by atoms with E-state index in [2.05, 4.69) is 19.2 Å². The predicted molar refractivity (Wildman–Crippen MR) is 282 cm³/mol. The smallest absolute Gasteiger partial charge is 0.220 e. The van der Waals surface area contributed by atoms with Gasteiger partial charge in [0.1, 0.15) is 48.8 Å². The number of aliphatic hydroxyl groups excluding tert-OH is 8. The molecule has 2 saturated heterocycles. The Hall–Kier alpha value is -1.01. The van der Waals surface area contributed by atoms with Gasteiger partial charge in [0.2, 0.25) is 5.91 Å². The number of rotatable bonds is 48. The van der Waals surface area contributed by atoms with Crippen molar-refractivity contribution < 1.29 is 64.6 Å². The van der Waals surface area contributed by atoms with E-state index in [0.717, 1.165) is 51.4 Å². The van der Waals surface area contributed by atoms with E-state index in [4.69, 9.17) is 18.9 Å². The first-order chi connectivity index (χ1) is 34.6. The summed E-state index contributed by atoms with van der Waals surface area (Å²) in [4.78, 5) is 13.2. The Bertz CT molecular complexity index is 1200. The van der Waals surface area contributed by atoms with Crippen LogP contribution in [0.2, 0.25) is 0 Å². The van der Waals surface area contributed by atoms with Crippen LogP contribution in [-0.2, 0) is 23.7 Å². The quantitative estimate of drug-likeness (QED) is 0.0259. The third-order valence-corrected chi connectivity index (χ3v) is 15.1. The molecule has 12 atom stereocenters. The van der Waals surface area contributed by atoms with Crippen LogP contribution in [0.4, 0.5) is 0 Å². The lowest BCUT2D eigenvalue weighted by Crippen LogP contribution is -2.65. The Balaban J connectivity index is 1.63. The lowest BCUT2D eigenvalue weighted by molar-refractivity contribution is -0.359. The number of ether oxygens (including phenoxy) is 4. The summed E-state index contributed by atoms with van der Waals surface area (Å²) in [6.45, 7) is 2.86. The van der Waals surface area contributed by atoms with Gasteiger partial charge in [0.05, 0.1) is 32.0 Å². The number of carbonyl (C=O) groups is 1. The first kappa shape index (κ1) is 66.1. The van der Waals surface area contributed by atoms with Crippen LogP contribution >= 0.6 is 0 Å². The second-order valence-electron chi connectivity index (χ2n) is 21.5. The molecular formula is C57H111NO13. The SMILES string of the molecule is CCCCCCCCCCCCCCCCCCCCCCCCCCCCCCC(=O)N[C@@H](CO[C@@H]1O[C@H](CO)[C@@H](O[C@@H]2O[C@H](CO)[C@H](O)C(O)C2O)C(O)C1O)[C@H](O)CCCCCCCCCCC. The molecular weight excluding hydrogens is 907 g/mol. The number of carbonyl (C=O) groups excluding carboxylic acids is 1. The molecule has 0 radical (unpaired) electrons. The van der Waals surface area contributed by atoms with E-state index >= 15 is 0 Å². The fraction of sp³-hybridized carbons (Fsp3) is 0.982. The number of hydrogen-bond acceptors (Lipinski definition) is 13. The first-order valence-corrected chi connectivity index (χ1v) is 29.8. The number of nitrogens with one attached hydrogen (secondary N) is 1. The van der Waals surface area contributed by atoms with Crippen LogP contribution in [-0.4, -0.2) is 140 Å². The average Bonchev–Trinajstić information content (AvgIpc) is 3.37. The van der Waals surface area contributed by atoms with E-state index < -0.39 is 86.8 Å². The molecule has 14 heteroatoms. The van der Waals surface area contributed by atoms with Crippen LogP contribution < -0.4 is 5.32 Å². The summed E-state index contributed by atoms with van der Waals surface area (Å²) in [6, 6.07) is -0.820. The van der Waals surface area contributed by atoms with Gasteiger partial charge >= 0.3 is 0 Å². The molecule has 0 aliphatic carbocycles. The zero-order chi connectivity index (χ0) is 51.7. The molecule has 2 fully saturated rings. The molecule has 9 N–H and O–H groups in total. The fourth-order valence-corrected chi connectivity index (χ4v) is 10.2. The van der Waals surface area contributed by atoms with E-state index in [0.29, 0.717) is 12.8 Å². The standard InChI is InChI=1S/C57H111NO13/c1-3-5-7-9-11-13-14-15-16-17-18-19-20-21-22-23-24-25-26-27-28-29-30-31-33-35-37-39-41-49(62)58-45(46(61)40-38-36-34-32-12-10-8-6-4-2)44-68-56-54(67)52(65)55(48(43-60)70-56)71-57-53(66)51(64)50(63)47(42-59)69-57/h45-48,50-57,59-61,63-67H,3-44H2,1-2H3,(H,58,62)/t45-,46+,47+,48+,50-,51?,52?,53?,54?,55+,56+,57-/m0/s1. The highest BCUT2D eigenvalue weighted by molar-refractivity contribution is 5.76. The van der Waals surface area contributed by atoms with Crippen molar-refractivity contribution in [3.8, 4) is 0 Å². The molecule has 1 amide bonds. The first-order valence-electron chi connectivity index (χ1n) is 29.8. The Morgan fingerprint density at radius 1 is 0.451 bits per heavy atom. The summed E-state index contributed by atoms with van der Waals surface area (Å²) in [5, 5.41) is 86.9. The topological polar surface area (TPSA) is 228 Å². The van der Waals surface area contributed by atoms with E-state index in [1.165, 1.54) is 186 Å². The summed E-state index contributed by atoms with van der Waals surface area (Å²) in [7, 11) is 0. The summed E-state index contributed by atoms with van der Waals surface area (Å²) < 4.78 is 22.8. The van der Waals surface area contributed by atoms with Crippen molar-refractivity contribution in [2.45, 2.75) is 338 Å². The van der Waals surface area contributed by atoms with E-state index in [1.54, 1.807) is 0 Å². The van der Waals surface area contributed by atoms with Gasteiger partial charge in [-0.2, -0.15) is 0 Å². The Labute approximate surface area is 432 Å². The van der Waals surface area contributed by atoms with Crippen LogP contribution in [0.1, 0.15) is 264 Å². The minimum Gasteiger partial charge on any atom is -0.394 e. The van der Waals surface area contributed by atoms with Crippen LogP contribution in [0, 0.1) is 0 Å². The van der Waals surface area contributed by atoms with Crippen molar-refractivity contribution in [3.05, 3.63) is 0 Å². The van der Waals surface area contributed by atoms with E-state index in [9.17, 15) is 45.6 Å². The molecule has 0 spiro atoms. The molecule has 14 nitrogen and oxygen atoms in total. The van der Waals surface area contributed by atoms with Gasteiger partial charge in [-0.1, -0.05) is 245 Å². The molecule has 0 saturated carbocycles. The predicted octanol–water partition coefficient (Wildman–Crippen LogP) is 9.73. The van der Waals surface area contributed by atoms with Gasteiger partial charge in [0, 0.05) is 6.42 Å². The molecule has 2 aliphatic heterocycles. The molecule has 0 aromatic heterocycles. The molecule has 71 heavy (non-hydrogen) atoms. The lowest BCUT2D eigenvalue weighted by Gasteiger charge is -2.46. The van der Waals surface area contributed by atoms with Crippen molar-refractivity contribution >= 4 is 5.91 Å². The maximum absolute atomic E-state index is 13.2. The summed E-state index contributed by atoms with van der Waals surface area (Å²) in [5.74, 6) is -0.203. The lowest BCUT2D eigenvalue weighted by atomic mass is 9.97. The molecule has 0 bridgehead atoms. The van der Waals surface area contributed by atoms with Gasteiger partial charge in [-0.05, 0) is 12.8 Å². The maximum Gasteiger partial charge on any atom is 0.220 e. The third kappa shape index (κ3) is 30.4. The number of aliphatic hydroxyl groups is 8. The normalized spacial score (nSPS) is 25.7. The zero-order valence-corrected chi connectivity index (χ0v) is 45.2. The van der Waals surface area contributed by atoms with Gasteiger partial charge in [-0.25, -0.2) is 0 Å². The minimum absolute atomic E-state index is 0.203. The highest BCUT2D eigenvalue weighted by Crippen LogP contribution is 2.30. The van der Waals surface area contributed by atoms with Crippen molar-refractivity contribution in [2.24, 2.45) is 0 Å². The summed E-state index contributed by atoms with van der Waals surface area (Å²) >= 11 is 0. The van der Waals surface area contributed by atoms with Gasteiger partial charge in [-0.15, -0.1) is 0 Å². The van der Waals surface area contributed by atoms with Crippen molar-refractivity contribution in [3.63, 3.8) is 0 Å². The molecule has 0 aromatic carbocycles. The average molecular weight is 1020 g/mol. The third-order valence-electron chi connectivity index (χ3n) is 15.1. The number of hydrogen-bond donors (Lipinski definition) is 9. The number of amides is 1. The molecule has 4 unspecified atom stereocenters. The second kappa shape index (κ2) is 44.2. The van der Waals surface area contributed by atoms with Crippen LogP contribution in [0.3, 0.4) is 0 Å². The van der Waals surface area contributed by atoms with Crippen molar-refractivity contribution in [1.82, 2.24) is 5.32 Å². The highest BCUT2D eigenvalue weighted by Gasteiger charge is 2.51. The molecule has 2 rings (SSSR count). The number of unbranched alkanes of at least 4 members (excludes halogenated alkanes) is 35. The fourth-order valence-electron chi connectivity index (χ4n) is 10.2. The van der Waals surface area contributed by atoms with Gasteiger partial charge in [0.25, 0.3) is 0 Å². The van der Waals surface area contributed by atoms with Crippen LogP contribution in [0.5, 0.6) is 0 Å². The molecule has 0 aromatic rings. The Morgan fingerprint density at radius 3 is 1.20 bits per heavy atom. The molecule has 2 heterocycles. The Morgan fingerprint density at radius 2 is 0.803 bits per heavy atom. The second-order valence-corrected chi connectivity index (χ2v) is 21.5. The van der Waals surface area contributed by atoms with Crippen LogP contribution in [0.15, 0.2) is 0 Å². The van der Waals surface area contributed by atoms with Gasteiger partial charge in [-0.3, -0.25) is 4.79 Å². The van der Waals surface area contributed by atoms with Crippen molar-refractivity contribution in [2.75, 3.05) is 19.8 Å². The van der Waals surface area contributed by atoms with Gasteiger partial charge in [0.15, 0.2) is 12.6 Å². The van der Waals surface area contributed by atoms with Gasteiger partial charge < -0.3 is 65.1 Å². The monoisotopic (exact) mass is 1020 g/mol. The zero-order valence-electron chi connectivity index (χ0n) is 45.2. The van der Waals surface area contributed by atoms with E-state index in [1.807, 2.05) is 0 Å². The minimum atomic E-state index is -1.78. The summed E-state index contributed by atoms with van der Waals surface area (Å²) in [5.41, 5.74) is 0. The molecule has 2 aliphatic rings.